The van der Waals surface area contributed by atoms with E-state index in [2.05, 4.69) is 15.0 Å². The molecule has 0 spiro atoms. The van der Waals surface area contributed by atoms with Gasteiger partial charge >= 0.3 is 5.97 Å². The number of methoxy groups -OCH3 is 1. The molecule has 3 heterocycles. The van der Waals surface area contributed by atoms with E-state index < -0.39 is 12.1 Å². The van der Waals surface area contributed by atoms with E-state index in [1.54, 1.807) is 6.07 Å². The Hall–Kier alpha value is -1.86. The number of nitrogens with one attached hydrogen (secondary N) is 1. The second kappa shape index (κ2) is 8.30. The second-order valence-electron chi connectivity index (χ2n) is 5.78. The number of rotatable bonds is 4. The van der Waals surface area contributed by atoms with Crippen LogP contribution in [0.25, 0.3) is 0 Å². The molecular formula is C16H22ClN3O4. The number of carbonyl (C=O) groups is 2. The molecule has 24 heavy (non-hydrogen) atoms. The molecule has 0 radical (unpaired) electrons. The molecule has 0 aliphatic carbocycles. The first-order valence-corrected chi connectivity index (χ1v) is 7.91. The summed E-state index contributed by atoms with van der Waals surface area (Å²) in [4.78, 5) is 29.8. The van der Waals surface area contributed by atoms with Gasteiger partial charge in [-0.05, 0) is 38.1 Å². The molecule has 1 atom stereocenters. The smallest absolute Gasteiger partial charge is 0.356 e. The normalized spacial score (nSPS) is 21.3. The average molecular weight is 356 g/mol. The van der Waals surface area contributed by atoms with Gasteiger partial charge in [-0.2, -0.15) is 0 Å². The number of ether oxygens (including phenoxy) is 2. The fourth-order valence-corrected chi connectivity index (χ4v) is 3.10. The molecule has 0 unspecified atom stereocenters. The van der Waals surface area contributed by atoms with Gasteiger partial charge in [0.25, 0.3) is 5.91 Å². The molecule has 0 aromatic carbocycles. The van der Waals surface area contributed by atoms with Crippen molar-refractivity contribution in [3.05, 3.63) is 24.0 Å². The molecule has 0 bridgehead atoms. The van der Waals surface area contributed by atoms with Crippen molar-refractivity contribution in [3.8, 4) is 5.75 Å². The maximum atomic E-state index is 12.5. The molecule has 0 saturated carbocycles. The minimum atomic E-state index is -0.495. The monoisotopic (exact) mass is 355 g/mol. The topological polar surface area (TPSA) is 80.8 Å². The molecule has 1 aromatic rings. The van der Waals surface area contributed by atoms with Gasteiger partial charge in [-0.3, -0.25) is 4.79 Å². The van der Waals surface area contributed by atoms with Crippen LogP contribution in [-0.4, -0.2) is 60.7 Å². The largest absolute Gasteiger partial charge is 0.479 e. The van der Waals surface area contributed by atoms with Crippen molar-refractivity contribution in [2.24, 2.45) is 0 Å². The number of amides is 1. The zero-order valence-corrected chi connectivity index (χ0v) is 14.4. The fourth-order valence-electron chi connectivity index (χ4n) is 3.10. The van der Waals surface area contributed by atoms with Gasteiger partial charge in [0.2, 0.25) is 0 Å². The number of likely N-dealkylation sites (tertiary alicyclic amines) is 1. The van der Waals surface area contributed by atoms with Crippen molar-refractivity contribution in [3.63, 3.8) is 0 Å². The highest BCUT2D eigenvalue weighted by Crippen LogP contribution is 2.23. The minimum Gasteiger partial charge on any atom is -0.479 e. The molecule has 1 N–H and O–H groups in total. The number of esters is 1. The maximum absolute atomic E-state index is 12.5. The van der Waals surface area contributed by atoms with E-state index in [1.165, 1.54) is 19.4 Å². The van der Waals surface area contributed by atoms with E-state index >= 15 is 0 Å². The lowest BCUT2D eigenvalue weighted by Crippen LogP contribution is -2.45. The Balaban J connectivity index is 0.00000208. The zero-order valence-electron chi connectivity index (χ0n) is 13.6. The van der Waals surface area contributed by atoms with Crippen molar-refractivity contribution in [1.82, 2.24) is 15.2 Å². The predicted octanol–water partition coefficient (Wildman–Crippen LogP) is 1.02. The van der Waals surface area contributed by atoms with Gasteiger partial charge in [0.15, 0.2) is 6.10 Å². The van der Waals surface area contributed by atoms with Crippen LogP contribution in [0, 0.1) is 0 Å². The summed E-state index contributed by atoms with van der Waals surface area (Å²) >= 11 is 0. The van der Waals surface area contributed by atoms with E-state index in [0.717, 1.165) is 32.5 Å². The maximum Gasteiger partial charge on any atom is 0.356 e. The Morgan fingerprint density at radius 1 is 1.29 bits per heavy atom. The molecule has 2 fully saturated rings. The summed E-state index contributed by atoms with van der Waals surface area (Å²) in [6.07, 6.45) is 3.66. The van der Waals surface area contributed by atoms with E-state index in [0.29, 0.717) is 18.2 Å². The van der Waals surface area contributed by atoms with Crippen LogP contribution in [-0.2, 0) is 9.53 Å². The first kappa shape index (κ1) is 18.5. The van der Waals surface area contributed by atoms with Gasteiger partial charge in [-0.25, -0.2) is 9.78 Å². The summed E-state index contributed by atoms with van der Waals surface area (Å²) < 4.78 is 10.4. The molecule has 1 aromatic heterocycles. The molecule has 8 heteroatoms. The summed E-state index contributed by atoms with van der Waals surface area (Å²) in [6, 6.07) is 3.49. The van der Waals surface area contributed by atoms with Crippen LogP contribution in [0.15, 0.2) is 18.3 Å². The fraction of sp³-hybridized carbons (Fsp3) is 0.562. The predicted molar refractivity (Wildman–Crippen MR) is 89.5 cm³/mol. The first-order chi connectivity index (χ1) is 11.2. The summed E-state index contributed by atoms with van der Waals surface area (Å²) in [6.45, 7) is 2.65. The summed E-state index contributed by atoms with van der Waals surface area (Å²) in [5.41, 5.74) is 0.217. The molecule has 2 aliphatic heterocycles. The van der Waals surface area contributed by atoms with Crippen LogP contribution in [0.3, 0.4) is 0 Å². The van der Waals surface area contributed by atoms with Crippen molar-refractivity contribution >= 4 is 24.3 Å². The van der Waals surface area contributed by atoms with Gasteiger partial charge in [-0.1, -0.05) is 0 Å². The third-order valence-electron chi connectivity index (χ3n) is 4.35. The molecule has 3 rings (SSSR count). The lowest BCUT2D eigenvalue weighted by atomic mass is 10.1. The van der Waals surface area contributed by atoms with E-state index in [-0.39, 0.29) is 24.0 Å². The highest BCUT2D eigenvalue weighted by molar-refractivity contribution is 5.87. The van der Waals surface area contributed by atoms with Gasteiger partial charge < -0.3 is 19.7 Å². The van der Waals surface area contributed by atoms with Crippen LogP contribution >= 0.6 is 12.4 Å². The van der Waals surface area contributed by atoms with Crippen LogP contribution in [0.4, 0.5) is 0 Å². The van der Waals surface area contributed by atoms with Gasteiger partial charge in [-0.15, -0.1) is 12.4 Å². The van der Waals surface area contributed by atoms with Gasteiger partial charge in [0, 0.05) is 19.0 Å². The summed E-state index contributed by atoms with van der Waals surface area (Å²) in [7, 11) is 1.31. The lowest BCUT2D eigenvalue weighted by Gasteiger charge is -2.31. The quantitative estimate of drug-likeness (QED) is 0.812. The van der Waals surface area contributed by atoms with Gasteiger partial charge in [0.1, 0.15) is 11.4 Å². The van der Waals surface area contributed by atoms with Crippen LogP contribution < -0.4 is 10.1 Å². The molecule has 2 aliphatic rings. The minimum absolute atomic E-state index is 0. The number of carbonyl (C=O) groups excluding carboxylic acids is 2. The van der Waals surface area contributed by atoms with Crippen molar-refractivity contribution < 1.29 is 19.1 Å². The van der Waals surface area contributed by atoms with Crippen molar-refractivity contribution in [1.29, 1.82) is 0 Å². The Bertz CT molecular complexity index is 575. The number of pyridine rings is 1. The Morgan fingerprint density at radius 2 is 2.04 bits per heavy atom. The number of hydrogen-bond donors (Lipinski definition) is 1. The average Bonchev–Trinajstić information content (AvgIpc) is 2.96. The van der Waals surface area contributed by atoms with Crippen molar-refractivity contribution in [2.75, 3.05) is 26.7 Å². The zero-order chi connectivity index (χ0) is 16.2. The third-order valence-corrected chi connectivity index (χ3v) is 4.35. The number of halogens is 1. The van der Waals surface area contributed by atoms with Crippen LogP contribution in [0.1, 0.15) is 29.8 Å². The molecular weight excluding hydrogens is 334 g/mol. The highest BCUT2D eigenvalue weighted by Gasteiger charge is 2.37. The SMILES string of the molecule is COC(=O)c1ccc(O[C@H]2CCN(C3CCNCC3)C2=O)cn1.Cl. The molecule has 132 valence electrons. The van der Waals surface area contributed by atoms with Crippen LogP contribution in [0.5, 0.6) is 5.75 Å². The number of piperidine rings is 1. The Kier molecular flexibility index (Phi) is 6.39. The summed E-state index contributed by atoms with van der Waals surface area (Å²) in [5, 5.41) is 3.31. The molecule has 2 saturated heterocycles. The second-order valence-corrected chi connectivity index (χ2v) is 5.78. The standard InChI is InChI=1S/C16H21N3O4.ClH/c1-22-16(21)13-3-2-12(10-18-13)23-14-6-9-19(15(14)20)11-4-7-17-8-5-11;/h2-3,10-11,14,17H,4-9H2,1H3;1H/t14-;/m0./s1. The highest BCUT2D eigenvalue weighted by atomic mass is 35.5. The van der Waals surface area contributed by atoms with E-state index in [9.17, 15) is 9.59 Å². The number of hydrogen-bond acceptors (Lipinski definition) is 6. The van der Waals surface area contributed by atoms with Gasteiger partial charge in [0.05, 0.1) is 13.3 Å². The van der Waals surface area contributed by atoms with E-state index in [4.69, 9.17) is 4.74 Å². The Labute approximate surface area is 147 Å². The molecule has 7 nitrogen and oxygen atoms in total. The third kappa shape index (κ3) is 3.96. The summed E-state index contributed by atoms with van der Waals surface area (Å²) in [5.74, 6) is 0.0442. The molecule has 1 amide bonds. The Morgan fingerprint density at radius 3 is 2.67 bits per heavy atom. The van der Waals surface area contributed by atoms with Crippen LogP contribution in [0.2, 0.25) is 0 Å². The number of aromatic nitrogens is 1. The van der Waals surface area contributed by atoms with Crippen molar-refractivity contribution in [2.45, 2.75) is 31.4 Å². The number of nitrogens with zero attached hydrogens (tertiary/aromatic N) is 2. The van der Waals surface area contributed by atoms with E-state index in [1.807, 2.05) is 4.90 Å². The first-order valence-electron chi connectivity index (χ1n) is 7.91. The lowest BCUT2D eigenvalue weighted by molar-refractivity contribution is -0.135.